The minimum absolute atomic E-state index is 0.165. The quantitative estimate of drug-likeness (QED) is 0.483. The molecule has 0 aromatic heterocycles. The molecule has 1 aliphatic rings. The van der Waals surface area contributed by atoms with Crippen LogP contribution in [0.3, 0.4) is 0 Å². The van der Waals surface area contributed by atoms with E-state index >= 15 is 0 Å². The van der Waals surface area contributed by atoms with Gasteiger partial charge in [-0.1, -0.05) is 5.16 Å². The van der Waals surface area contributed by atoms with Crippen LogP contribution in [0.25, 0.3) is 0 Å². The molecule has 0 amide bonds. The Bertz CT molecular complexity index is 366. The molecule has 4 heteroatoms. The predicted octanol–water partition coefficient (Wildman–Crippen LogP) is 2.05. The third kappa shape index (κ3) is 2.52. The lowest BCUT2D eigenvalue weighted by Crippen LogP contribution is -2.15. The topological polar surface area (TPSA) is 51.1 Å². The van der Waals surface area contributed by atoms with Gasteiger partial charge in [0.15, 0.2) is 0 Å². The molecule has 1 aromatic carbocycles. The first kappa shape index (κ1) is 11.0. The minimum Gasteiger partial charge on any atom is -0.488 e. The molecule has 0 spiro atoms. The molecule has 1 saturated heterocycles. The normalized spacial score (nSPS) is 21.1. The van der Waals surface area contributed by atoms with Gasteiger partial charge in [-0.2, -0.15) is 0 Å². The van der Waals surface area contributed by atoms with E-state index in [0.717, 1.165) is 24.3 Å². The second kappa shape index (κ2) is 4.99. The first-order chi connectivity index (χ1) is 7.79. The summed E-state index contributed by atoms with van der Waals surface area (Å²) in [5.41, 5.74) is 1.48. The molecule has 1 aromatic rings. The monoisotopic (exact) mass is 221 g/mol. The summed E-state index contributed by atoms with van der Waals surface area (Å²) in [7, 11) is 0. The lowest BCUT2D eigenvalue weighted by atomic mass is 10.1. The van der Waals surface area contributed by atoms with Gasteiger partial charge >= 0.3 is 0 Å². The zero-order valence-electron chi connectivity index (χ0n) is 9.22. The summed E-state index contributed by atoms with van der Waals surface area (Å²) in [5, 5.41) is 11.8. The largest absolute Gasteiger partial charge is 0.488 e. The molecule has 1 aliphatic heterocycles. The lowest BCUT2D eigenvalue weighted by molar-refractivity contribution is 0.141. The Kier molecular flexibility index (Phi) is 3.41. The SMILES string of the molecule is CC(=NO)c1ccc(OC2CCOC2)cc1. The number of rotatable bonds is 3. The van der Waals surface area contributed by atoms with Gasteiger partial charge in [0.25, 0.3) is 0 Å². The molecule has 0 aliphatic carbocycles. The van der Waals surface area contributed by atoms with Crippen molar-refractivity contribution in [3.63, 3.8) is 0 Å². The van der Waals surface area contributed by atoms with Crippen LogP contribution in [0, 0.1) is 0 Å². The van der Waals surface area contributed by atoms with Gasteiger partial charge < -0.3 is 14.7 Å². The molecule has 2 rings (SSSR count). The van der Waals surface area contributed by atoms with Crippen molar-refractivity contribution in [1.29, 1.82) is 0 Å². The van der Waals surface area contributed by atoms with Gasteiger partial charge in [-0.25, -0.2) is 0 Å². The molecule has 0 bridgehead atoms. The third-order valence-electron chi connectivity index (χ3n) is 2.61. The van der Waals surface area contributed by atoms with Crippen LogP contribution in [0.4, 0.5) is 0 Å². The predicted molar refractivity (Wildman–Crippen MR) is 60.3 cm³/mol. The number of oxime groups is 1. The van der Waals surface area contributed by atoms with Crippen LogP contribution in [0.2, 0.25) is 0 Å². The molecule has 0 saturated carbocycles. The summed E-state index contributed by atoms with van der Waals surface area (Å²) in [4.78, 5) is 0. The Labute approximate surface area is 94.5 Å². The molecule has 86 valence electrons. The summed E-state index contributed by atoms with van der Waals surface area (Å²) in [6.07, 6.45) is 1.11. The number of hydrogen-bond donors (Lipinski definition) is 1. The summed E-state index contributed by atoms with van der Waals surface area (Å²) in [5.74, 6) is 0.824. The molecule has 16 heavy (non-hydrogen) atoms. The standard InChI is InChI=1S/C12H15NO3/c1-9(13-14)10-2-4-11(5-3-10)16-12-6-7-15-8-12/h2-5,12,14H,6-8H2,1H3. The lowest BCUT2D eigenvalue weighted by Gasteiger charge is -2.11. The van der Waals surface area contributed by atoms with Gasteiger partial charge in [0.2, 0.25) is 0 Å². The summed E-state index contributed by atoms with van der Waals surface area (Å²) < 4.78 is 10.9. The zero-order chi connectivity index (χ0) is 11.4. The Morgan fingerprint density at radius 2 is 2.19 bits per heavy atom. The number of nitrogens with zero attached hydrogens (tertiary/aromatic N) is 1. The average molecular weight is 221 g/mol. The molecule has 1 fully saturated rings. The Hall–Kier alpha value is -1.55. The van der Waals surface area contributed by atoms with Crippen molar-refractivity contribution in [2.75, 3.05) is 13.2 Å². The highest BCUT2D eigenvalue weighted by molar-refractivity contribution is 5.98. The minimum atomic E-state index is 0.165. The second-order valence-electron chi connectivity index (χ2n) is 3.81. The molecular weight excluding hydrogens is 206 g/mol. The van der Waals surface area contributed by atoms with E-state index < -0.39 is 0 Å². The van der Waals surface area contributed by atoms with Crippen molar-refractivity contribution in [3.8, 4) is 5.75 Å². The fourth-order valence-corrected chi connectivity index (χ4v) is 1.63. The van der Waals surface area contributed by atoms with E-state index in [1.165, 1.54) is 0 Å². The first-order valence-electron chi connectivity index (χ1n) is 5.33. The first-order valence-corrected chi connectivity index (χ1v) is 5.33. The zero-order valence-corrected chi connectivity index (χ0v) is 9.22. The molecule has 4 nitrogen and oxygen atoms in total. The van der Waals surface area contributed by atoms with Crippen LogP contribution in [0.1, 0.15) is 18.9 Å². The van der Waals surface area contributed by atoms with E-state index in [4.69, 9.17) is 14.7 Å². The fraction of sp³-hybridized carbons (Fsp3) is 0.417. The van der Waals surface area contributed by atoms with Crippen molar-refractivity contribution < 1.29 is 14.7 Å². The van der Waals surface area contributed by atoms with Crippen molar-refractivity contribution in [2.45, 2.75) is 19.4 Å². The van der Waals surface area contributed by atoms with E-state index in [9.17, 15) is 0 Å². The summed E-state index contributed by atoms with van der Waals surface area (Å²) >= 11 is 0. The van der Waals surface area contributed by atoms with Gasteiger partial charge in [-0.05, 0) is 36.8 Å². The van der Waals surface area contributed by atoms with Crippen molar-refractivity contribution in [3.05, 3.63) is 29.8 Å². The van der Waals surface area contributed by atoms with E-state index in [2.05, 4.69) is 5.16 Å². The smallest absolute Gasteiger partial charge is 0.124 e. The Morgan fingerprint density at radius 1 is 1.44 bits per heavy atom. The van der Waals surface area contributed by atoms with E-state index in [1.807, 2.05) is 24.3 Å². The maximum atomic E-state index is 8.63. The van der Waals surface area contributed by atoms with E-state index in [-0.39, 0.29) is 6.10 Å². The summed E-state index contributed by atoms with van der Waals surface area (Å²) in [6, 6.07) is 7.51. The molecule has 1 atom stereocenters. The van der Waals surface area contributed by atoms with Gasteiger partial charge in [-0.3, -0.25) is 0 Å². The average Bonchev–Trinajstić information content (AvgIpc) is 2.82. The molecule has 1 heterocycles. The summed E-state index contributed by atoms with van der Waals surface area (Å²) in [6.45, 7) is 3.19. The Morgan fingerprint density at radius 3 is 2.75 bits per heavy atom. The van der Waals surface area contributed by atoms with Crippen LogP contribution in [0.5, 0.6) is 5.75 Å². The highest BCUT2D eigenvalue weighted by Crippen LogP contribution is 2.17. The van der Waals surface area contributed by atoms with Crippen LogP contribution in [-0.4, -0.2) is 30.2 Å². The Balaban J connectivity index is 2.01. The number of benzene rings is 1. The molecule has 0 radical (unpaired) electrons. The van der Waals surface area contributed by atoms with Crippen LogP contribution in [0.15, 0.2) is 29.4 Å². The maximum Gasteiger partial charge on any atom is 0.124 e. The molecule has 1 unspecified atom stereocenters. The van der Waals surface area contributed by atoms with Gasteiger partial charge in [0.05, 0.1) is 18.9 Å². The number of ether oxygens (including phenoxy) is 2. The fourth-order valence-electron chi connectivity index (χ4n) is 1.63. The van der Waals surface area contributed by atoms with Gasteiger partial charge in [0.1, 0.15) is 11.9 Å². The molecule has 1 N–H and O–H groups in total. The van der Waals surface area contributed by atoms with E-state index in [0.29, 0.717) is 12.3 Å². The van der Waals surface area contributed by atoms with Gasteiger partial charge in [0, 0.05) is 6.42 Å². The van der Waals surface area contributed by atoms with Crippen molar-refractivity contribution >= 4 is 5.71 Å². The van der Waals surface area contributed by atoms with Crippen LogP contribution in [-0.2, 0) is 4.74 Å². The van der Waals surface area contributed by atoms with E-state index in [1.54, 1.807) is 6.92 Å². The van der Waals surface area contributed by atoms with Gasteiger partial charge in [-0.15, -0.1) is 0 Å². The number of hydrogen-bond acceptors (Lipinski definition) is 4. The third-order valence-corrected chi connectivity index (χ3v) is 2.61. The highest BCUT2D eigenvalue weighted by Gasteiger charge is 2.16. The molecular formula is C12H15NO3. The van der Waals surface area contributed by atoms with Crippen LogP contribution >= 0.6 is 0 Å². The second-order valence-corrected chi connectivity index (χ2v) is 3.81. The van der Waals surface area contributed by atoms with Crippen molar-refractivity contribution in [2.24, 2.45) is 5.16 Å². The van der Waals surface area contributed by atoms with Crippen molar-refractivity contribution in [1.82, 2.24) is 0 Å². The maximum absolute atomic E-state index is 8.63. The highest BCUT2D eigenvalue weighted by atomic mass is 16.5. The van der Waals surface area contributed by atoms with Crippen LogP contribution < -0.4 is 4.74 Å².